The number of hydrogen-bond donors (Lipinski definition) is 1. The third-order valence-corrected chi connectivity index (χ3v) is 4.30. The van der Waals surface area contributed by atoms with E-state index in [1.165, 1.54) is 0 Å². The van der Waals surface area contributed by atoms with Gasteiger partial charge in [-0.15, -0.1) is 0 Å². The first-order chi connectivity index (χ1) is 12.4. The van der Waals surface area contributed by atoms with E-state index in [1.807, 2.05) is 23.9 Å². The van der Waals surface area contributed by atoms with Crippen molar-refractivity contribution in [1.29, 1.82) is 0 Å². The predicted molar refractivity (Wildman–Crippen MR) is 95.1 cm³/mol. The van der Waals surface area contributed by atoms with Crippen LogP contribution in [0, 0.1) is 6.92 Å². The SMILES string of the molecule is Cc1cnn(CCC(=O)NCc2cc3n(n2)CCN(C(=O)N(C)C)C3)c1. The minimum Gasteiger partial charge on any atom is -0.350 e. The number of rotatable bonds is 5. The van der Waals surface area contributed by atoms with E-state index in [9.17, 15) is 9.59 Å². The second-order valence-corrected chi connectivity index (χ2v) is 6.76. The third kappa shape index (κ3) is 4.22. The van der Waals surface area contributed by atoms with E-state index < -0.39 is 0 Å². The number of hydrogen-bond acceptors (Lipinski definition) is 4. The largest absolute Gasteiger partial charge is 0.350 e. The van der Waals surface area contributed by atoms with Crippen LogP contribution in [0.15, 0.2) is 18.5 Å². The second kappa shape index (κ2) is 7.59. The summed E-state index contributed by atoms with van der Waals surface area (Å²) in [4.78, 5) is 27.5. The van der Waals surface area contributed by atoms with Gasteiger partial charge in [0.2, 0.25) is 5.91 Å². The topological polar surface area (TPSA) is 88.3 Å². The molecule has 0 aromatic carbocycles. The zero-order valence-electron chi connectivity index (χ0n) is 15.5. The minimum atomic E-state index is -0.0338. The molecule has 140 valence electrons. The van der Waals surface area contributed by atoms with Gasteiger partial charge in [-0.05, 0) is 18.6 Å². The van der Waals surface area contributed by atoms with Gasteiger partial charge in [-0.3, -0.25) is 14.2 Å². The highest BCUT2D eigenvalue weighted by atomic mass is 16.2. The van der Waals surface area contributed by atoms with Gasteiger partial charge in [-0.2, -0.15) is 10.2 Å². The first kappa shape index (κ1) is 18.0. The number of fused-ring (bicyclic) bond motifs is 1. The molecule has 0 saturated heterocycles. The predicted octanol–water partition coefficient (Wildman–Crippen LogP) is 0.592. The van der Waals surface area contributed by atoms with Gasteiger partial charge in [-0.25, -0.2) is 4.79 Å². The summed E-state index contributed by atoms with van der Waals surface area (Å²) in [7, 11) is 3.50. The Morgan fingerprint density at radius 2 is 2.12 bits per heavy atom. The van der Waals surface area contributed by atoms with Crippen molar-refractivity contribution in [2.45, 2.75) is 39.5 Å². The van der Waals surface area contributed by atoms with Crippen LogP contribution in [0.3, 0.4) is 0 Å². The van der Waals surface area contributed by atoms with E-state index in [4.69, 9.17) is 0 Å². The Hall–Kier alpha value is -2.84. The van der Waals surface area contributed by atoms with Gasteiger partial charge in [0.25, 0.3) is 0 Å². The van der Waals surface area contributed by atoms with Crippen molar-refractivity contribution in [3.63, 3.8) is 0 Å². The van der Waals surface area contributed by atoms with Crippen LogP contribution in [-0.2, 0) is 31.0 Å². The zero-order chi connectivity index (χ0) is 18.7. The lowest BCUT2D eigenvalue weighted by Gasteiger charge is -2.29. The summed E-state index contributed by atoms with van der Waals surface area (Å²) >= 11 is 0. The monoisotopic (exact) mass is 359 g/mol. The molecule has 0 fully saturated rings. The van der Waals surface area contributed by atoms with E-state index in [0.717, 1.165) is 17.0 Å². The van der Waals surface area contributed by atoms with Crippen molar-refractivity contribution in [3.8, 4) is 0 Å². The molecule has 0 saturated carbocycles. The number of aryl methyl sites for hydroxylation is 2. The summed E-state index contributed by atoms with van der Waals surface area (Å²) in [5, 5.41) is 11.6. The molecule has 1 N–H and O–H groups in total. The lowest BCUT2D eigenvalue weighted by Crippen LogP contribution is -2.43. The number of nitrogens with zero attached hydrogens (tertiary/aromatic N) is 6. The number of urea groups is 1. The van der Waals surface area contributed by atoms with Gasteiger partial charge in [0.15, 0.2) is 0 Å². The standard InChI is InChI=1S/C17H25N7O2/c1-13-9-19-23(11-13)5-4-16(25)18-10-14-8-15-12-22(17(26)21(2)3)6-7-24(15)20-14/h8-9,11H,4-7,10,12H2,1-3H3,(H,18,25). The molecule has 1 aliphatic heterocycles. The van der Waals surface area contributed by atoms with Crippen molar-refractivity contribution in [3.05, 3.63) is 35.4 Å². The lowest BCUT2D eigenvalue weighted by molar-refractivity contribution is -0.121. The van der Waals surface area contributed by atoms with Crippen LogP contribution < -0.4 is 5.32 Å². The van der Waals surface area contributed by atoms with Crippen molar-refractivity contribution >= 4 is 11.9 Å². The Bertz CT molecular complexity index is 793. The average Bonchev–Trinajstić information content (AvgIpc) is 3.22. The molecule has 3 heterocycles. The maximum Gasteiger partial charge on any atom is 0.319 e. The third-order valence-electron chi connectivity index (χ3n) is 4.30. The van der Waals surface area contributed by atoms with Crippen LogP contribution >= 0.6 is 0 Å². The molecule has 26 heavy (non-hydrogen) atoms. The highest BCUT2D eigenvalue weighted by molar-refractivity contribution is 5.75. The van der Waals surface area contributed by atoms with Gasteiger partial charge in [0, 0.05) is 39.8 Å². The van der Waals surface area contributed by atoms with Crippen molar-refractivity contribution in [2.24, 2.45) is 0 Å². The van der Waals surface area contributed by atoms with E-state index >= 15 is 0 Å². The summed E-state index contributed by atoms with van der Waals surface area (Å²) in [6, 6.07) is 1.95. The summed E-state index contributed by atoms with van der Waals surface area (Å²) in [5.74, 6) is -0.0338. The highest BCUT2D eigenvalue weighted by Crippen LogP contribution is 2.14. The van der Waals surface area contributed by atoms with Gasteiger partial charge in [-0.1, -0.05) is 0 Å². The van der Waals surface area contributed by atoms with E-state index in [0.29, 0.717) is 39.1 Å². The molecule has 2 aromatic rings. The molecule has 0 atom stereocenters. The van der Waals surface area contributed by atoms with Crippen LogP contribution in [0.1, 0.15) is 23.4 Å². The van der Waals surface area contributed by atoms with Gasteiger partial charge in [0.1, 0.15) is 0 Å². The Labute approximate surface area is 152 Å². The Kier molecular flexibility index (Phi) is 5.24. The lowest BCUT2D eigenvalue weighted by atomic mass is 10.3. The van der Waals surface area contributed by atoms with Crippen LogP contribution in [-0.4, -0.2) is 61.9 Å². The van der Waals surface area contributed by atoms with Crippen molar-refractivity contribution in [2.75, 3.05) is 20.6 Å². The molecule has 0 aliphatic carbocycles. The summed E-state index contributed by atoms with van der Waals surface area (Å²) < 4.78 is 3.67. The molecule has 0 radical (unpaired) electrons. The average molecular weight is 359 g/mol. The summed E-state index contributed by atoms with van der Waals surface area (Å²) in [6.07, 6.45) is 4.06. The van der Waals surface area contributed by atoms with E-state index in [-0.39, 0.29) is 11.9 Å². The molecule has 1 aliphatic rings. The highest BCUT2D eigenvalue weighted by Gasteiger charge is 2.23. The number of carbonyl (C=O) groups is 2. The fourth-order valence-electron chi connectivity index (χ4n) is 2.94. The van der Waals surface area contributed by atoms with Crippen LogP contribution in [0.25, 0.3) is 0 Å². The number of amides is 3. The maximum absolute atomic E-state index is 12.1. The Morgan fingerprint density at radius 3 is 2.81 bits per heavy atom. The fourth-order valence-corrected chi connectivity index (χ4v) is 2.94. The normalized spacial score (nSPS) is 13.4. The smallest absolute Gasteiger partial charge is 0.319 e. The molecule has 9 heteroatoms. The minimum absolute atomic E-state index is 0.00107. The second-order valence-electron chi connectivity index (χ2n) is 6.76. The van der Waals surface area contributed by atoms with Crippen molar-refractivity contribution < 1.29 is 9.59 Å². The number of carbonyl (C=O) groups excluding carboxylic acids is 2. The van der Waals surface area contributed by atoms with Crippen LogP contribution in [0.2, 0.25) is 0 Å². The first-order valence-corrected chi connectivity index (χ1v) is 8.70. The van der Waals surface area contributed by atoms with Gasteiger partial charge >= 0.3 is 6.03 Å². The quantitative estimate of drug-likeness (QED) is 0.846. The molecule has 2 aromatic heterocycles. The van der Waals surface area contributed by atoms with Crippen molar-refractivity contribution in [1.82, 2.24) is 34.7 Å². The first-order valence-electron chi connectivity index (χ1n) is 8.70. The maximum atomic E-state index is 12.1. The molecule has 0 unspecified atom stereocenters. The number of aromatic nitrogens is 4. The molecule has 3 rings (SSSR count). The summed E-state index contributed by atoms with van der Waals surface area (Å²) in [5.41, 5.74) is 2.88. The Morgan fingerprint density at radius 1 is 1.31 bits per heavy atom. The zero-order valence-corrected chi connectivity index (χ0v) is 15.5. The van der Waals surface area contributed by atoms with Crippen LogP contribution in [0.4, 0.5) is 4.79 Å². The van der Waals surface area contributed by atoms with Gasteiger partial charge < -0.3 is 15.1 Å². The van der Waals surface area contributed by atoms with Crippen LogP contribution in [0.5, 0.6) is 0 Å². The Balaban J connectivity index is 1.49. The molecule has 0 spiro atoms. The molecular formula is C17H25N7O2. The molecule has 3 amide bonds. The van der Waals surface area contributed by atoms with E-state index in [2.05, 4.69) is 15.5 Å². The fraction of sp³-hybridized carbons (Fsp3) is 0.529. The van der Waals surface area contributed by atoms with Gasteiger partial charge in [0.05, 0.1) is 37.2 Å². The molecule has 9 nitrogen and oxygen atoms in total. The van der Waals surface area contributed by atoms with E-state index in [1.54, 1.807) is 34.8 Å². The molecular weight excluding hydrogens is 334 g/mol. The number of nitrogens with one attached hydrogen (secondary N) is 1. The molecule has 0 bridgehead atoms. The summed E-state index contributed by atoms with van der Waals surface area (Å²) in [6.45, 7) is 4.76.